The predicted octanol–water partition coefficient (Wildman–Crippen LogP) is 14.6. The van der Waals surface area contributed by atoms with Crippen LogP contribution in [0.4, 0.5) is 0 Å². The molecule has 0 aromatic heterocycles. The van der Waals surface area contributed by atoms with Crippen molar-refractivity contribution in [2.24, 2.45) is 0 Å². The van der Waals surface area contributed by atoms with Gasteiger partial charge in [0.15, 0.2) is 0 Å². The second-order valence-electron chi connectivity index (χ2n) is 17.5. The summed E-state index contributed by atoms with van der Waals surface area (Å²) in [7, 11) is 0. The molecule has 0 nitrogen and oxygen atoms in total. The normalized spacial score (nSPS) is 11.7. The van der Waals surface area contributed by atoms with Crippen LogP contribution in [0, 0.1) is 111 Å². The van der Waals surface area contributed by atoms with Crippen molar-refractivity contribution in [1.29, 1.82) is 0 Å². The lowest BCUT2D eigenvalue weighted by Gasteiger charge is -2.28. The first kappa shape index (κ1) is 40.0. The molecule has 0 radical (unpaired) electrons. The third kappa shape index (κ3) is 7.76. The summed E-state index contributed by atoms with van der Waals surface area (Å²) in [6.45, 7) is 36.5. The number of benzene rings is 6. The van der Waals surface area contributed by atoms with Crippen LogP contribution >= 0.6 is 0 Å². The molecule has 55 heavy (non-hydrogen) atoms. The van der Waals surface area contributed by atoms with Crippen LogP contribution in [0.5, 0.6) is 0 Å². The largest absolute Gasteiger partial charge is 0.0558 e. The van der Waals surface area contributed by atoms with Gasteiger partial charge in [0.2, 0.25) is 0 Å². The highest BCUT2D eigenvalue weighted by Gasteiger charge is 2.27. The van der Waals surface area contributed by atoms with Gasteiger partial charge in [-0.1, -0.05) is 72.8 Å². The summed E-state index contributed by atoms with van der Waals surface area (Å²) in [4.78, 5) is 0. The van der Waals surface area contributed by atoms with Gasteiger partial charge < -0.3 is 0 Å². The van der Waals surface area contributed by atoms with Gasteiger partial charge >= 0.3 is 0 Å². The van der Waals surface area contributed by atoms with Gasteiger partial charge in [-0.2, -0.15) is 0 Å². The Kier molecular flexibility index (Phi) is 11.2. The molecule has 0 aliphatic carbocycles. The summed E-state index contributed by atoms with van der Waals surface area (Å²) < 4.78 is 0. The van der Waals surface area contributed by atoms with Gasteiger partial charge in [0.05, 0.1) is 0 Å². The summed E-state index contributed by atoms with van der Waals surface area (Å²) >= 11 is 0. The zero-order chi connectivity index (χ0) is 40.2. The van der Waals surface area contributed by atoms with E-state index in [-0.39, 0.29) is 11.8 Å². The molecule has 0 heterocycles. The van der Waals surface area contributed by atoms with Gasteiger partial charge in [-0.15, -0.1) is 0 Å². The van der Waals surface area contributed by atoms with Crippen LogP contribution in [0.2, 0.25) is 0 Å². The van der Waals surface area contributed by atoms with E-state index in [1.807, 2.05) is 0 Å². The number of aryl methyl sites for hydroxylation is 14. The molecule has 0 fully saturated rings. The average molecular weight is 725 g/mol. The highest BCUT2D eigenvalue weighted by atomic mass is 14.3. The van der Waals surface area contributed by atoms with Crippen LogP contribution in [0.3, 0.4) is 0 Å². The number of rotatable bonds is 8. The topological polar surface area (TPSA) is 0 Å². The highest BCUT2D eigenvalue weighted by Crippen LogP contribution is 2.42. The lowest BCUT2D eigenvalue weighted by Crippen LogP contribution is -2.13. The van der Waals surface area contributed by atoms with Crippen LogP contribution in [0.25, 0.3) is 0 Å². The Balaban J connectivity index is 1.55. The maximum Gasteiger partial charge on any atom is 0.0348 e. The molecule has 6 rings (SSSR count). The molecule has 0 heteroatoms. The van der Waals surface area contributed by atoms with Gasteiger partial charge in [-0.3, -0.25) is 0 Å². The molecule has 0 bridgehead atoms. The molecule has 6 aromatic carbocycles. The van der Waals surface area contributed by atoms with Crippen molar-refractivity contribution in [3.8, 4) is 0 Å². The minimum atomic E-state index is 0.150. The van der Waals surface area contributed by atoms with E-state index in [0.29, 0.717) is 0 Å². The fourth-order valence-electron chi connectivity index (χ4n) is 9.15. The average Bonchev–Trinajstić information content (AvgIpc) is 3.10. The maximum absolute atomic E-state index is 2.55. The standard InChI is InChI=1S/C55H64/c1-30-17-40(11)48(23-34(30)5)54(49-24-35(6)31(2)18-41(49)12)52-28-46(21-38(9)44(52)15)27-47-22-39(10)45(16)53(29-47)55(50-25-36(7)32(3)19-42(50)13)51-26-37(8)33(4)20-43(51)14/h17-26,28-29,54-55H,27H2,1-16H3. The molecular weight excluding hydrogens is 661 g/mol. The molecule has 284 valence electrons. The summed E-state index contributed by atoms with van der Waals surface area (Å²) in [6, 6.07) is 29.4. The van der Waals surface area contributed by atoms with Crippen LogP contribution in [0.15, 0.2) is 72.8 Å². The molecule has 0 saturated carbocycles. The van der Waals surface area contributed by atoms with E-state index in [9.17, 15) is 0 Å². The van der Waals surface area contributed by atoms with Crippen molar-refractivity contribution in [2.45, 2.75) is 129 Å². The van der Waals surface area contributed by atoms with Gasteiger partial charge in [-0.25, -0.2) is 0 Å². The molecule has 0 aliphatic rings. The lowest BCUT2D eigenvalue weighted by atomic mass is 9.76. The van der Waals surface area contributed by atoms with E-state index < -0.39 is 0 Å². The monoisotopic (exact) mass is 725 g/mol. The lowest BCUT2D eigenvalue weighted by molar-refractivity contribution is 0.912. The van der Waals surface area contributed by atoms with Crippen molar-refractivity contribution < 1.29 is 0 Å². The third-order valence-corrected chi connectivity index (χ3v) is 13.3. The van der Waals surface area contributed by atoms with Crippen molar-refractivity contribution in [2.75, 3.05) is 0 Å². The summed E-state index contributed by atoms with van der Waals surface area (Å²) in [6.07, 6.45) is 0.886. The van der Waals surface area contributed by atoms with Crippen molar-refractivity contribution >= 4 is 0 Å². The molecular formula is C55H64. The Bertz CT molecular complexity index is 2180. The predicted molar refractivity (Wildman–Crippen MR) is 239 cm³/mol. The molecule has 6 aromatic rings. The fourth-order valence-corrected chi connectivity index (χ4v) is 9.15. The number of hydrogen-bond acceptors (Lipinski definition) is 0. The second-order valence-corrected chi connectivity index (χ2v) is 17.5. The Labute approximate surface area is 334 Å². The molecule has 0 saturated heterocycles. The van der Waals surface area contributed by atoms with Gasteiger partial charge in [-0.05, 0) is 251 Å². The second kappa shape index (κ2) is 15.5. The first-order chi connectivity index (χ1) is 25.9. The summed E-state index contributed by atoms with van der Waals surface area (Å²) in [5.74, 6) is 0.301. The molecule has 0 N–H and O–H groups in total. The van der Waals surface area contributed by atoms with E-state index in [2.05, 4.69) is 184 Å². The Morgan fingerprint density at radius 3 is 0.727 bits per heavy atom. The zero-order valence-corrected chi connectivity index (χ0v) is 36.8. The SMILES string of the molecule is Cc1cc(C)c(C(c2cc(C)c(C)cc2C)c2cc(Cc3cc(C)c(C)c(C(c4cc(C)c(C)cc4C)c4cc(C)c(C)cc4C)c3)cc(C)c2C)cc1C. The van der Waals surface area contributed by atoms with E-state index in [4.69, 9.17) is 0 Å². The fraction of sp³-hybridized carbons (Fsp3) is 0.345. The summed E-state index contributed by atoms with van der Waals surface area (Å²) in [5.41, 5.74) is 33.0. The molecule has 0 amide bonds. The van der Waals surface area contributed by atoms with Crippen LogP contribution < -0.4 is 0 Å². The molecule has 0 spiro atoms. The van der Waals surface area contributed by atoms with E-state index >= 15 is 0 Å². The van der Waals surface area contributed by atoms with Crippen LogP contribution in [-0.2, 0) is 6.42 Å². The van der Waals surface area contributed by atoms with Crippen LogP contribution in [-0.4, -0.2) is 0 Å². The Hall–Kier alpha value is -4.68. The first-order valence-electron chi connectivity index (χ1n) is 20.4. The molecule has 0 unspecified atom stereocenters. The minimum absolute atomic E-state index is 0.150. The quantitative estimate of drug-likeness (QED) is 0.137. The van der Waals surface area contributed by atoms with Crippen molar-refractivity contribution in [3.05, 3.63) is 206 Å². The molecule has 0 aliphatic heterocycles. The highest BCUT2D eigenvalue weighted by molar-refractivity contribution is 5.58. The van der Waals surface area contributed by atoms with Gasteiger partial charge in [0.25, 0.3) is 0 Å². The number of hydrogen-bond donors (Lipinski definition) is 0. The van der Waals surface area contributed by atoms with Gasteiger partial charge in [0.1, 0.15) is 0 Å². The van der Waals surface area contributed by atoms with E-state index in [0.717, 1.165) is 6.42 Å². The van der Waals surface area contributed by atoms with Crippen molar-refractivity contribution in [1.82, 2.24) is 0 Å². The Morgan fingerprint density at radius 1 is 0.236 bits per heavy atom. The van der Waals surface area contributed by atoms with E-state index in [1.165, 1.54) is 134 Å². The van der Waals surface area contributed by atoms with Crippen molar-refractivity contribution in [3.63, 3.8) is 0 Å². The maximum atomic E-state index is 2.55. The zero-order valence-electron chi connectivity index (χ0n) is 36.8. The minimum Gasteiger partial charge on any atom is -0.0558 e. The summed E-state index contributed by atoms with van der Waals surface area (Å²) in [5, 5.41) is 0. The molecule has 0 atom stereocenters. The van der Waals surface area contributed by atoms with Crippen LogP contribution in [0.1, 0.15) is 145 Å². The third-order valence-electron chi connectivity index (χ3n) is 13.3. The smallest absolute Gasteiger partial charge is 0.0348 e. The first-order valence-corrected chi connectivity index (χ1v) is 20.4. The Morgan fingerprint density at radius 2 is 0.473 bits per heavy atom. The van der Waals surface area contributed by atoms with Gasteiger partial charge in [0, 0.05) is 11.8 Å². The van der Waals surface area contributed by atoms with E-state index in [1.54, 1.807) is 0 Å².